The van der Waals surface area contributed by atoms with Crippen LogP contribution in [-0.2, 0) is 5.41 Å². The largest absolute Gasteiger partial charge is 0.507 e. The van der Waals surface area contributed by atoms with Crippen LogP contribution in [0.15, 0.2) is 59.6 Å². The minimum atomic E-state index is -0.359. The van der Waals surface area contributed by atoms with E-state index in [0.29, 0.717) is 18.7 Å². The Morgan fingerprint density at radius 3 is 2.60 bits per heavy atom. The molecule has 0 spiro atoms. The van der Waals surface area contributed by atoms with E-state index in [1.54, 1.807) is 23.1 Å². The first-order valence-electron chi connectivity index (χ1n) is 8.46. The van der Waals surface area contributed by atoms with Crippen molar-refractivity contribution in [1.82, 2.24) is 4.90 Å². The number of amides is 2. The fourth-order valence-electron chi connectivity index (χ4n) is 3.40. The maximum atomic E-state index is 12.6. The molecule has 2 amide bonds. The van der Waals surface area contributed by atoms with E-state index in [1.165, 1.54) is 11.6 Å². The Morgan fingerprint density at radius 1 is 1.20 bits per heavy atom. The number of hydrogen-bond acceptors (Lipinski definition) is 2. The Kier molecular flexibility index (Phi) is 4.74. The van der Waals surface area contributed by atoms with Gasteiger partial charge in [0.05, 0.1) is 5.56 Å². The molecule has 2 aromatic carbocycles. The molecule has 1 fully saturated rings. The van der Waals surface area contributed by atoms with Crippen LogP contribution in [0, 0.1) is 0 Å². The average molecular weight is 339 g/mol. The molecule has 1 atom stereocenters. The average Bonchev–Trinajstić information content (AvgIpc) is 2.63. The highest BCUT2D eigenvalue weighted by atomic mass is 16.3. The van der Waals surface area contributed by atoms with Crippen molar-refractivity contribution in [3.63, 3.8) is 0 Å². The van der Waals surface area contributed by atoms with Crippen LogP contribution in [0.1, 0.15) is 32.3 Å². The van der Waals surface area contributed by atoms with Crippen LogP contribution < -0.4 is 5.73 Å². The predicted octanol–water partition coefficient (Wildman–Crippen LogP) is 3.52. The van der Waals surface area contributed by atoms with Crippen LogP contribution in [0.5, 0.6) is 5.75 Å². The summed E-state index contributed by atoms with van der Waals surface area (Å²) in [6, 6.07) is 16.5. The fourth-order valence-corrected chi connectivity index (χ4v) is 3.40. The van der Waals surface area contributed by atoms with Crippen LogP contribution in [-0.4, -0.2) is 35.0 Å². The third-order valence-corrected chi connectivity index (χ3v) is 4.83. The first-order chi connectivity index (χ1) is 12.0. The molecular formula is C20H25N3O2. The molecule has 1 aliphatic heterocycles. The van der Waals surface area contributed by atoms with Crippen molar-refractivity contribution in [3.8, 4) is 5.75 Å². The molecule has 25 heavy (non-hydrogen) atoms. The molecule has 3 rings (SSSR count). The molecule has 0 bridgehead atoms. The molecule has 2 aromatic rings. The SMILES string of the molecule is CC1(c2ccccc2)CCCN(C(=O)/N=C(/N)c2ccccc2O)C1.[HH]. The van der Waals surface area contributed by atoms with Crippen molar-refractivity contribution in [2.24, 2.45) is 10.7 Å². The maximum Gasteiger partial charge on any atom is 0.345 e. The number of aliphatic imine (C=N–C) groups is 1. The summed E-state index contributed by atoms with van der Waals surface area (Å²) >= 11 is 0. The minimum Gasteiger partial charge on any atom is -0.507 e. The maximum absolute atomic E-state index is 12.6. The second-order valence-electron chi connectivity index (χ2n) is 6.75. The molecule has 132 valence electrons. The lowest BCUT2D eigenvalue weighted by Gasteiger charge is -2.40. The second kappa shape index (κ2) is 6.97. The van der Waals surface area contributed by atoms with Gasteiger partial charge in [-0.15, -0.1) is 0 Å². The molecule has 0 aliphatic carbocycles. The van der Waals surface area contributed by atoms with Crippen molar-refractivity contribution in [1.29, 1.82) is 0 Å². The quantitative estimate of drug-likeness (QED) is 0.649. The molecule has 0 radical (unpaired) electrons. The van der Waals surface area contributed by atoms with E-state index in [2.05, 4.69) is 24.0 Å². The molecule has 1 heterocycles. The molecule has 3 N–H and O–H groups in total. The Morgan fingerprint density at radius 2 is 1.88 bits per heavy atom. The van der Waals surface area contributed by atoms with Crippen molar-refractivity contribution >= 4 is 11.9 Å². The summed E-state index contributed by atoms with van der Waals surface area (Å²) in [6.07, 6.45) is 1.95. The van der Waals surface area contributed by atoms with E-state index < -0.39 is 0 Å². The third-order valence-electron chi connectivity index (χ3n) is 4.83. The number of benzene rings is 2. The minimum absolute atomic E-state index is 0. The van der Waals surface area contributed by atoms with E-state index in [4.69, 9.17) is 5.73 Å². The summed E-state index contributed by atoms with van der Waals surface area (Å²) in [4.78, 5) is 18.3. The molecule has 5 nitrogen and oxygen atoms in total. The van der Waals surface area contributed by atoms with Crippen LogP contribution in [0.3, 0.4) is 0 Å². The van der Waals surface area contributed by atoms with Gasteiger partial charge in [-0.2, -0.15) is 4.99 Å². The van der Waals surface area contributed by atoms with E-state index in [9.17, 15) is 9.90 Å². The van der Waals surface area contributed by atoms with Gasteiger partial charge < -0.3 is 15.7 Å². The monoisotopic (exact) mass is 339 g/mol. The van der Waals surface area contributed by atoms with E-state index in [1.807, 2.05) is 18.2 Å². The highest BCUT2D eigenvalue weighted by Gasteiger charge is 2.34. The van der Waals surface area contributed by atoms with E-state index in [-0.39, 0.29) is 24.5 Å². The van der Waals surface area contributed by atoms with Crippen molar-refractivity contribution in [2.75, 3.05) is 13.1 Å². The van der Waals surface area contributed by atoms with Gasteiger partial charge in [-0.25, -0.2) is 4.79 Å². The number of nitrogens with two attached hydrogens (primary N) is 1. The summed E-state index contributed by atoms with van der Waals surface area (Å²) in [5.74, 6) is 0.0550. The van der Waals surface area contributed by atoms with Crippen molar-refractivity contribution in [3.05, 3.63) is 65.7 Å². The first-order valence-corrected chi connectivity index (χ1v) is 8.46. The Bertz CT molecular complexity index is 795. The Balaban J connectivity index is 0.00000243. The number of carbonyl (C=O) groups is 1. The van der Waals surface area contributed by atoms with Crippen molar-refractivity contribution < 1.29 is 11.3 Å². The van der Waals surface area contributed by atoms with Gasteiger partial charge in [0.25, 0.3) is 0 Å². The standard InChI is InChI=1S/C20H23N3O2.H2/c1-20(15-8-3-2-4-9-15)12-7-13-23(14-20)19(25)22-18(21)16-10-5-6-11-17(16)24;/h2-6,8-11,24H,7,12-14H2,1H3,(H2,21,22,25);1H. The second-order valence-corrected chi connectivity index (χ2v) is 6.75. The molecule has 5 heteroatoms. The van der Waals surface area contributed by atoms with Crippen LogP contribution >= 0.6 is 0 Å². The summed E-state index contributed by atoms with van der Waals surface area (Å²) in [5, 5.41) is 9.85. The Labute approximate surface area is 149 Å². The van der Waals surface area contributed by atoms with Gasteiger partial charge in [0.1, 0.15) is 11.6 Å². The summed E-state index contributed by atoms with van der Waals surface area (Å²) in [5.41, 5.74) is 7.44. The van der Waals surface area contributed by atoms with E-state index in [0.717, 1.165) is 12.8 Å². The lowest BCUT2D eigenvalue weighted by Crippen LogP contribution is -2.46. The number of hydrogen-bond donors (Lipinski definition) is 2. The number of nitrogens with zero attached hydrogens (tertiary/aromatic N) is 2. The van der Waals surface area contributed by atoms with Crippen LogP contribution in [0.2, 0.25) is 0 Å². The topological polar surface area (TPSA) is 78.9 Å². The number of phenolic OH excluding ortho intramolecular Hbond substituents is 1. The van der Waals surface area contributed by atoms with Crippen LogP contribution in [0.4, 0.5) is 4.79 Å². The van der Waals surface area contributed by atoms with Crippen LogP contribution in [0.25, 0.3) is 0 Å². The zero-order valence-corrected chi connectivity index (χ0v) is 14.4. The normalized spacial score (nSPS) is 21.2. The Hall–Kier alpha value is -2.82. The van der Waals surface area contributed by atoms with Gasteiger partial charge in [-0.05, 0) is 30.5 Å². The summed E-state index contributed by atoms with van der Waals surface area (Å²) in [7, 11) is 0. The van der Waals surface area contributed by atoms with Gasteiger partial charge in [-0.3, -0.25) is 0 Å². The van der Waals surface area contributed by atoms with Gasteiger partial charge in [-0.1, -0.05) is 49.4 Å². The number of likely N-dealkylation sites (tertiary alicyclic amines) is 1. The number of para-hydroxylation sites is 1. The number of aromatic hydroxyl groups is 1. The highest BCUT2D eigenvalue weighted by molar-refractivity contribution is 6.05. The zero-order chi connectivity index (χ0) is 17.9. The number of piperidine rings is 1. The van der Waals surface area contributed by atoms with Gasteiger partial charge >= 0.3 is 6.03 Å². The van der Waals surface area contributed by atoms with E-state index >= 15 is 0 Å². The predicted molar refractivity (Wildman–Crippen MR) is 101 cm³/mol. The lowest BCUT2D eigenvalue weighted by molar-refractivity contribution is 0.164. The first kappa shape index (κ1) is 17.0. The number of phenols is 1. The molecule has 0 aromatic heterocycles. The summed E-state index contributed by atoms with van der Waals surface area (Å²) < 4.78 is 0. The summed E-state index contributed by atoms with van der Waals surface area (Å²) in [6.45, 7) is 3.45. The third kappa shape index (κ3) is 3.65. The fraction of sp³-hybridized carbons (Fsp3) is 0.300. The number of rotatable bonds is 2. The van der Waals surface area contributed by atoms with Crippen molar-refractivity contribution in [2.45, 2.75) is 25.2 Å². The molecule has 0 saturated carbocycles. The number of urea groups is 1. The van der Waals surface area contributed by atoms with Gasteiger partial charge in [0.15, 0.2) is 0 Å². The smallest absolute Gasteiger partial charge is 0.345 e. The lowest BCUT2D eigenvalue weighted by atomic mass is 9.76. The van der Waals surface area contributed by atoms with Gasteiger partial charge in [0, 0.05) is 19.9 Å². The molecular weight excluding hydrogens is 314 g/mol. The van der Waals surface area contributed by atoms with Gasteiger partial charge in [0.2, 0.25) is 0 Å². The number of carbonyl (C=O) groups excluding carboxylic acids is 1. The zero-order valence-electron chi connectivity index (χ0n) is 14.4. The highest BCUT2D eigenvalue weighted by Crippen LogP contribution is 2.33. The number of amidine groups is 1. The molecule has 1 saturated heterocycles. The molecule has 1 aliphatic rings. The molecule has 1 unspecified atom stereocenters.